The summed E-state index contributed by atoms with van der Waals surface area (Å²) in [5.74, 6) is -1.19. The fraction of sp³-hybridized carbons (Fsp3) is 0.545. The van der Waals surface area contributed by atoms with Gasteiger partial charge in [-0.1, -0.05) is 0 Å². The molecule has 0 aromatic carbocycles. The molecule has 0 spiro atoms. The van der Waals surface area contributed by atoms with E-state index in [1.165, 1.54) is 0 Å². The van der Waals surface area contributed by atoms with Crippen molar-refractivity contribution in [3.05, 3.63) is 16.3 Å². The summed E-state index contributed by atoms with van der Waals surface area (Å²) < 4.78 is 57.5. The number of carbonyl (C=O) groups is 1. The predicted molar refractivity (Wildman–Crippen MR) is 70.0 cm³/mol. The van der Waals surface area contributed by atoms with Crippen LogP contribution in [0.5, 0.6) is 0 Å². The number of hydrogen-bond acceptors (Lipinski definition) is 5. The number of halogens is 2. The molecule has 1 saturated heterocycles. The summed E-state index contributed by atoms with van der Waals surface area (Å²) >= 11 is 0.845. The van der Waals surface area contributed by atoms with Crippen molar-refractivity contribution in [1.29, 1.82) is 0 Å². The summed E-state index contributed by atoms with van der Waals surface area (Å²) in [4.78, 5) is 10.4. The van der Waals surface area contributed by atoms with E-state index in [0.717, 1.165) is 22.1 Å². The Kier molecular flexibility index (Phi) is 4.61. The van der Waals surface area contributed by atoms with Crippen molar-refractivity contribution in [2.45, 2.75) is 29.7 Å². The zero-order chi connectivity index (χ0) is 15.7. The van der Waals surface area contributed by atoms with Gasteiger partial charge in [0.15, 0.2) is 0 Å². The maximum atomic E-state index is 12.8. The quantitative estimate of drug-likeness (QED) is 0.820. The van der Waals surface area contributed by atoms with Crippen molar-refractivity contribution in [3.63, 3.8) is 0 Å². The van der Waals surface area contributed by atoms with Gasteiger partial charge in [0.25, 0.3) is 6.43 Å². The molecule has 1 unspecified atom stereocenters. The average molecular weight is 341 g/mol. The first kappa shape index (κ1) is 16.3. The maximum Gasteiger partial charge on any atom is 0.305 e. The SMILES string of the molecule is O=C(O)CC1(NS(=O)(=O)c2cscc2C(F)F)CCOC1. The highest BCUT2D eigenvalue weighted by Crippen LogP contribution is 2.32. The smallest absolute Gasteiger partial charge is 0.305 e. The second kappa shape index (κ2) is 5.95. The van der Waals surface area contributed by atoms with Gasteiger partial charge in [-0.05, 0) is 6.42 Å². The molecule has 0 amide bonds. The highest BCUT2D eigenvalue weighted by Gasteiger charge is 2.42. The predicted octanol–water partition coefficient (Wildman–Crippen LogP) is 1.60. The monoisotopic (exact) mass is 341 g/mol. The number of nitrogens with one attached hydrogen (secondary N) is 1. The number of hydrogen-bond donors (Lipinski definition) is 2. The lowest BCUT2D eigenvalue weighted by molar-refractivity contribution is -0.138. The van der Waals surface area contributed by atoms with Gasteiger partial charge < -0.3 is 9.84 Å². The van der Waals surface area contributed by atoms with Crippen molar-refractivity contribution in [1.82, 2.24) is 4.72 Å². The van der Waals surface area contributed by atoms with E-state index in [1.807, 2.05) is 0 Å². The lowest BCUT2D eigenvalue weighted by atomic mass is 9.96. The number of sulfonamides is 1. The Balaban J connectivity index is 2.31. The minimum absolute atomic E-state index is 0.104. The zero-order valence-corrected chi connectivity index (χ0v) is 12.3. The van der Waals surface area contributed by atoms with E-state index in [0.29, 0.717) is 0 Å². The number of alkyl halides is 2. The van der Waals surface area contributed by atoms with Gasteiger partial charge in [-0.3, -0.25) is 4.79 Å². The number of carboxylic acid groups (broad SMARTS) is 1. The van der Waals surface area contributed by atoms with Crippen LogP contribution >= 0.6 is 11.3 Å². The first-order chi connectivity index (χ1) is 9.76. The van der Waals surface area contributed by atoms with Crippen LogP contribution in [0.2, 0.25) is 0 Å². The Labute approximate surface area is 123 Å². The van der Waals surface area contributed by atoms with E-state index in [9.17, 15) is 22.0 Å². The molecule has 0 aliphatic carbocycles. The van der Waals surface area contributed by atoms with Gasteiger partial charge in [-0.25, -0.2) is 21.9 Å². The largest absolute Gasteiger partial charge is 0.481 e. The summed E-state index contributed by atoms with van der Waals surface area (Å²) in [5.41, 5.74) is -1.89. The summed E-state index contributed by atoms with van der Waals surface area (Å²) in [7, 11) is -4.24. The number of rotatable bonds is 6. The highest BCUT2D eigenvalue weighted by molar-refractivity contribution is 7.89. The number of carboxylic acids is 1. The molecule has 1 aromatic rings. The molecule has 21 heavy (non-hydrogen) atoms. The number of thiophene rings is 1. The second-order valence-electron chi connectivity index (χ2n) is 4.75. The van der Waals surface area contributed by atoms with Gasteiger partial charge in [0.05, 0.1) is 18.6 Å². The van der Waals surface area contributed by atoms with E-state index in [1.54, 1.807) is 0 Å². The van der Waals surface area contributed by atoms with E-state index < -0.39 is 44.8 Å². The summed E-state index contributed by atoms with van der Waals surface area (Å²) in [6.45, 7) is 0.105. The van der Waals surface area contributed by atoms with Crippen LogP contribution in [-0.2, 0) is 19.6 Å². The van der Waals surface area contributed by atoms with Gasteiger partial charge in [0.1, 0.15) is 4.90 Å². The van der Waals surface area contributed by atoms with Crippen LogP contribution in [0.3, 0.4) is 0 Å². The van der Waals surface area contributed by atoms with Crippen molar-refractivity contribution in [3.8, 4) is 0 Å². The molecule has 0 saturated carbocycles. The third-order valence-electron chi connectivity index (χ3n) is 3.12. The third kappa shape index (κ3) is 3.57. The molecule has 1 aliphatic heterocycles. The van der Waals surface area contributed by atoms with E-state index in [2.05, 4.69) is 4.72 Å². The minimum atomic E-state index is -4.24. The normalized spacial score (nSPS) is 22.8. The van der Waals surface area contributed by atoms with Crippen LogP contribution in [0.15, 0.2) is 15.7 Å². The molecule has 1 aliphatic rings. The van der Waals surface area contributed by atoms with Gasteiger partial charge in [0, 0.05) is 22.9 Å². The Morgan fingerprint density at radius 3 is 2.76 bits per heavy atom. The fourth-order valence-corrected chi connectivity index (χ4v) is 4.99. The van der Waals surface area contributed by atoms with E-state index in [-0.39, 0.29) is 19.6 Å². The van der Waals surface area contributed by atoms with Gasteiger partial charge in [-0.2, -0.15) is 11.3 Å². The molecule has 2 N–H and O–H groups in total. The Morgan fingerprint density at radius 2 is 2.24 bits per heavy atom. The first-order valence-corrected chi connectivity index (χ1v) is 8.36. The molecule has 1 fully saturated rings. The summed E-state index contributed by atoms with van der Waals surface area (Å²) in [6.07, 6.45) is -3.22. The second-order valence-corrected chi connectivity index (χ2v) is 7.15. The van der Waals surface area contributed by atoms with Crippen LogP contribution in [0.25, 0.3) is 0 Å². The van der Waals surface area contributed by atoms with Crippen LogP contribution in [0, 0.1) is 0 Å². The van der Waals surface area contributed by atoms with Crippen LogP contribution in [-0.4, -0.2) is 38.2 Å². The molecular formula is C11H13F2NO5S2. The molecule has 118 valence electrons. The van der Waals surface area contributed by atoms with E-state index in [4.69, 9.17) is 9.84 Å². The molecular weight excluding hydrogens is 328 g/mol. The molecule has 10 heteroatoms. The lowest BCUT2D eigenvalue weighted by Crippen LogP contribution is -2.50. The van der Waals surface area contributed by atoms with Crippen molar-refractivity contribution < 1.29 is 31.8 Å². The molecule has 1 atom stereocenters. The van der Waals surface area contributed by atoms with Gasteiger partial charge in [-0.15, -0.1) is 0 Å². The topological polar surface area (TPSA) is 92.7 Å². The maximum absolute atomic E-state index is 12.8. The van der Waals surface area contributed by atoms with Crippen molar-refractivity contribution >= 4 is 27.3 Å². The van der Waals surface area contributed by atoms with E-state index >= 15 is 0 Å². The average Bonchev–Trinajstić information content (AvgIpc) is 2.96. The van der Waals surface area contributed by atoms with Gasteiger partial charge in [0.2, 0.25) is 10.0 Å². The summed E-state index contributed by atoms with van der Waals surface area (Å²) in [5, 5.41) is 11.1. The summed E-state index contributed by atoms with van der Waals surface area (Å²) in [6, 6.07) is 0. The molecule has 2 heterocycles. The van der Waals surface area contributed by atoms with Crippen LogP contribution in [0.4, 0.5) is 8.78 Å². The molecule has 0 bridgehead atoms. The Hall–Kier alpha value is -1.10. The van der Waals surface area contributed by atoms with Gasteiger partial charge >= 0.3 is 5.97 Å². The molecule has 6 nitrogen and oxygen atoms in total. The first-order valence-electron chi connectivity index (χ1n) is 5.93. The van der Waals surface area contributed by atoms with Crippen LogP contribution < -0.4 is 4.72 Å². The van der Waals surface area contributed by atoms with Crippen molar-refractivity contribution in [2.24, 2.45) is 0 Å². The lowest BCUT2D eigenvalue weighted by Gasteiger charge is -2.26. The van der Waals surface area contributed by atoms with Crippen molar-refractivity contribution in [2.75, 3.05) is 13.2 Å². The Bertz CT molecular complexity index is 622. The Morgan fingerprint density at radius 1 is 1.52 bits per heavy atom. The molecule has 0 radical (unpaired) electrons. The number of ether oxygens (including phenoxy) is 1. The fourth-order valence-electron chi connectivity index (χ4n) is 2.17. The van der Waals surface area contributed by atoms with Crippen LogP contribution in [0.1, 0.15) is 24.8 Å². The molecule has 2 rings (SSSR count). The number of aliphatic carboxylic acids is 1. The standard InChI is InChI=1S/C11H13F2NO5S2/c12-10(13)7-4-20-5-8(7)21(17,18)14-11(3-9(15)16)1-2-19-6-11/h4-5,10,14H,1-3,6H2,(H,15,16). The highest BCUT2D eigenvalue weighted by atomic mass is 32.2. The minimum Gasteiger partial charge on any atom is -0.481 e. The zero-order valence-electron chi connectivity index (χ0n) is 10.7. The third-order valence-corrected chi connectivity index (χ3v) is 5.67. The molecule has 1 aromatic heterocycles.